The normalized spacial score (nSPS) is 16.4. The topological polar surface area (TPSA) is 50.2 Å². The maximum atomic E-state index is 13.9. The number of para-hydroxylation sites is 1. The zero-order chi connectivity index (χ0) is 19.5. The van der Waals surface area contributed by atoms with E-state index in [1.165, 1.54) is 35.3 Å². The van der Waals surface area contributed by atoms with Crippen LogP contribution in [0.15, 0.2) is 60.9 Å². The number of anilines is 1. The lowest BCUT2D eigenvalue weighted by Crippen LogP contribution is -2.30. The van der Waals surface area contributed by atoms with E-state index in [1.807, 2.05) is 0 Å². The zero-order valence-corrected chi connectivity index (χ0v) is 15.2. The predicted octanol–water partition coefficient (Wildman–Crippen LogP) is 3.41. The van der Waals surface area contributed by atoms with E-state index in [0.29, 0.717) is 23.7 Å². The van der Waals surface area contributed by atoms with E-state index in [0.717, 1.165) is 25.2 Å². The maximum Gasteiger partial charge on any atom is 0.254 e. The molecule has 1 amide bonds. The van der Waals surface area contributed by atoms with Crippen LogP contribution < -0.4 is 10.2 Å². The fourth-order valence-electron chi connectivity index (χ4n) is 3.43. The van der Waals surface area contributed by atoms with Gasteiger partial charge < -0.3 is 10.2 Å². The van der Waals surface area contributed by atoms with Crippen molar-refractivity contribution in [2.75, 3.05) is 24.5 Å². The van der Waals surface area contributed by atoms with Crippen LogP contribution in [0.5, 0.6) is 0 Å². The third-order valence-corrected chi connectivity index (χ3v) is 4.97. The van der Waals surface area contributed by atoms with Gasteiger partial charge in [0.15, 0.2) is 0 Å². The van der Waals surface area contributed by atoms with Crippen molar-refractivity contribution in [2.45, 2.75) is 6.42 Å². The molecule has 0 aliphatic carbocycles. The molecule has 7 heteroatoms. The van der Waals surface area contributed by atoms with Gasteiger partial charge in [0.1, 0.15) is 17.3 Å². The first kappa shape index (κ1) is 18.2. The highest BCUT2D eigenvalue weighted by atomic mass is 19.1. The van der Waals surface area contributed by atoms with Gasteiger partial charge >= 0.3 is 0 Å². The summed E-state index contributed by atoms with van der Waals surface area (Å²) in [6.07, 6.45) is 3.90. The summed E-state index contributed by atoms with van der Waals surface area (Å²) >= 11 is 0. The molecule has 1 atom stereocenters. The molecule has 1 aliphatic rings. The van der Waals surface area contributed by atoms with Gasteiger partial charge in [-0.1, -0.05) is 12.1 Å². The highest BCUT2D eigenvalue weighted by Gasteiger charge is 2.23. The molecule has 28 heavy (non-hydrogen) atoms. The Morgan fingerprint density at radius 2 is 1.93 bits per heavy atom. The van der Waals surface area contributed by atoms with Gasteiger partial charge in [0, 0.05) is 31.5 Å². The second kappa shape index (κ2) is 7.80. The minimum Gasteiger partial charge on any atom is -0.371 e. The SMILES string of the molecule is O=C(NC[C@@H]1CCN(c2ccc(F)cc2)C1)c1cnn(-c2ccccc2F)c1. The minimum atomic E-state index is -0.399. The van der Waals surface area contributed by atoms with E-state index in [4.69, 9.17) is 0 Å². The van der Waals surface area contributed by atoms with Crippen molar-refractivity contribution in [2.24, 2.45) is 5.92 Å². The molecule has 3 aromatic rings. The molecular weight excluding hydrogens is 362 g/mol. The van der Waals surface area contributed by atoms with Crippen LogP contribution in [0.2, 0.25) is 0 Å². The highest BCUT2D eigenvalue weighted by molar-refractivity contribution is 5.93. The van der Waals surface area contributed by atoms with Gasteiger partial charge in [-0.05, 0) is 48.7 Å². The third-order valence-electron chi connectivity index (χ3n) is 4.97. The molecule has 4 rings (SSSR count). The Bertz CT molecular complexity index is 971. The van der Waals surface area contributed by atoms with Crippen LogP contribution >= 0.6 is 0 Å². The molecule has 0 unspecified atom stereocenters. The fourth-order valence-corrected chi connectivity index (χ4v) is 3.43. The quantitative estimate of drug-likeness (QED) is 0.736. The average Bonchev–Trinajstić information content (AvgIpc) is 3.37. The number of hydrogen-bond acceptors (Lipinski definition) is 3. The van der Waals surface area contributed by atoms with Crippen LogP contribution in [-0.4, -0.2) is 35.3 Å². The second-order valence-electron chi connectivity index (χ2n) is 6.91. The lowest BCUT2D eigenvalue weighted by atomic mass is 10.1. The molecule has 0 saturated carbocycles. The maximum absolute atomic E-state index is 13.9. The Balaban J connectivity index is 1.33. The van der Waals surface area contributed by atoms with E-state index in [-0.39, 0.29) is 11.7 Å². The summed E-state index contributed by atoms with van der Waals surface area (Å²) in [5, 5.41) is 7.01. The highest BCUT2D eigenvalue weighted by Crippen LogP contribution is 2.23. The predicted molar refractivity (Wildman–Crippen MR) is 103 cm³/mol. The summed E-state index contributed by atoms with van der Waals surface area (Å²) in [5.74, 6) is -0.564. The molecule has 1 fully saturated rings. The molecular formula is C21H20F2N4O. The largest absolute Gasteiger partial charge is 0.371 e. The molecule has 1 aromatic heterocycles. The summed E-state index contributed by atoms with van der Waals surface area (Å²) in [7, 11) is 0. The van der Waals surface area contributed by atoms with Crippen LogP contribution in [0.25, 0.3) is 5.69 Å². The minimum absolute atomic E-state index is 0.233. The summed E-state index contributed by atoms with van der Waals surface area (Å²) in [6.45, 7) is 2.22. The lowest BCUT2D eigenvalue weighted by molar-refractivity contribution is 0.0948. The van der Waals surface area contributed by atoms with Crippen molar-refractivity contribution in [1.82, 2.24) is 15.1 Å². The van der Waals surface area contributed by atoms with E-state index < -0.39 is 5.82 Å². The molecule has 1 saturated heterocycles. The van der Waals surface area contributed by atoms with Gasteiger partial charge in [-0.25, -0.2) is 13.5 Å². The Morgan fingerprint density at radius 3 is 2.71 bits per heavy atom. The van der Waals surface area contributed by atoms with Crippen LogP contribution in [0.1, 0.15) is 16.8 Å². The number of carbonyl (C=O) groups excluding carboxylic acids is 1. The Labute approximate surface area is 161 Å². The number of amides is 1. The van der Waals surface area contributed by atoms with Crippen LogP contribution in [-0.2, 0) is 0 Å². The third kappa shape index (κ3) is 3.88. The van der Waals surface area contributed by atoms with Crippen LogP contribution in [0, 0.1) is 17.6 Å². The van der Waals surface area contributed by atoms with E-state index in [9.17, 15) is 13.6 Å². The van der Waals surface area contributed by atoms with Crippen LogP contribution in [0.3, 0.4) is 0 Å². The van der Waals surface area contributed by atoms with E-state index in [1.54, 1.807) is 30.3 Å². The Kier molecular flexibility index (Phi) is 5.06. The average molecular weight is 382 g/mol. The smallest absolute Gasteiger partial charge is 0.254 e. The molecule has 144 valence electrons. The van der Waals surface area contributed by atoms with Crippen LogP contribution in [0.4, 0.5) is 14.5 Å². The number of halogens is 2. The van der Waals surface area contributed by atoms with Crippen molar-refractivity contribution < 1.29 is 13.6 Å². The number of aromatic nitrogens is 2. The summed E-state index contributed by atoms with van der Waals surface area (Å²) in [5.41, 5.74) is 1.67. The van der Waals surface area contributed by atoms with Crippen molar-refractivity contribution in [3.63, 3.8) is 0 Å². The van der Waals surface area contributed by atoms with Gasteiger partial charge in [0.2, 0.25) is 0 Å². The first-order valence-corrected chi connectivity index (χ1v) is 9.18. The number of carbonyl (C=O) groups is 1. The van der Waals surface area contributed by atoms with Crippen molar-refractivity contribution in [1.29, 1.82) is 0 Å². The Hall–Kier alpha value is -3.22. The molecule has 2 heterocycles. The number of rotatable bonds is 5. The van der Waals surface area contributed by atoms with Gasteiger partial charge in [0.25, 0.3) is 5.91 Å². The van der Waals surface area contributed by atoms with Crippen molar-refractivity contribution in [3.8, 4) is 5.69 Å². The standard InChI is InChI=1S/C21H20F2N4O/c22-17-5-7-18(8-6-17)26-10-9-15(13-26)11-24-21(28)16-12-25-27(14-16)20-4-2-1-3-19(20)23/h1-8,12,14-15H,9-11,13H2,(H,24,28)/t15-/m0/s1. The van der Waals surface area contributed by atoms with Gasteiger partial charge in [0.05, 0.1) is 11.8 Å². The molecule has 0 radical (unpaired) electrons. The van der Waals surface area contributed by atoms with Crippen molar-refractivity contribution >= 4 is 11.6 Å². The number of hydrogen-bond donors (Lipinski definition) is 1. The number of benzene rings is 2. The summed E-state index contributed by atoms with van der Waals surface area (Å²) < 4.78 is 28.3. The lowest BCUT2D eigenvalue weighted by Gasteiger charge is -2.18. The fraction of sp³-hybridized carbons (Fsp3) is 0.238. The zero-order valence-electron chi connectivity index (χ0n) is 15.2. The number of nitrogens with one attached hydrogen (secondary N) is 1. The molecule has 5 nitrogen and oxygen atoms in total. The summed E-state index contributed by atoms with van der Waals surface area (Å²) in [4.78, 5) is 14.6. The number of nitrogens with zero attached hydrogens (tertiary/aromatic N) is 3. The molecule has 0 spiro atoms. The van der Waals surface area contributed by atoms with E-state index >= 15 is 0 Å². The van der Waals surface area contributed by atoms with Gasteiger partial charge in [-0.2, -0.15) is 5.10 Å². The monoisotopic (exact) mass is 382 g/mol. The molecule has 1 aliphatic heterocycles. The molecule has 2 aromatic carbocycles. The van der Waals surface area contributed by atoms with Gasteiger partial charge in [-0.3, -0.25) is 4.79 Å². The van der Waals surface area contributed by atoms with Crippen molar-refractivity contribution in [3.05, 3.63) is 78.1 Å². The summed E-state index contributed by atoms with van der Waals surface area (Å²) in [6, 6.07) is 12.7. The second-order valence-corrected chi connectivity index (χ2v) is 6.91. The first-order valence-electron chi connectivity index (χ1n) is 9.18. The molecule has 1 N–H and O–H groups in total. The first-order chi connectivity index (χ1) is 13.6. The molecule has 0 bridgehead atoms. The van der Waals surface area contributed by atoms with E-state index in [2.05, 4.69) is 15.3 Å². The van der Waals surface area contributed by atoms with Gasteiger partial charge in [-0.15, -0.1) is 0 Å². The Morgan fingerprint density at radius 1 is 1.14 bits per heavy atom.